The molecule has 0 saturated carbocycles. The number of carbonyl (C=O) groups is 2. The third-order valence-corrected chi connectivity index (χ3v) is 1.59. The van der Waals surface area contributed by atoms with Gasteiger partial charge in [-0.05, 0) is 5.92 Å². The van der Waals surface area contributed by atoms with E-state index in [1.165, 1.54) is 0 Å². The van der Waals surface area contributed by atoms with E-state index in [1.807, 2.05) is 0 Å². The van der Waals surface area contributed by atoms with Crippen molar-refractivity contribution in [2.75, 3.05) is 6.61 Å². The molecule has 0 unspecified atom stereocenters. The van der Waals surface area contributed by atoms with Crippen molar-refractivity contribution in [1.82, 2.24) is 5.32 Å². The summed E-state index contributed by atoms with van der Waals surface area (Å²) in [7, 11) is 0. The van der Waals surface area contributed by atoms with Gasteiger partial charge in [-0.15, -0.1) is 0 Å². The molecule has 0 bridgehead atoms. The molecule has 13 heavy (non-hydrogen) atoms. The molecule has 0 rings (SSSR count). The molecule has 0 radical (unpaired) electrons. The molecular formula is C8H15NO4. The molecule has 0 aromatic carbocycles. The van der Waals surface area contributed by atoms with Crippen LogP contribution in [0.5, 0.6) is 0 Å². The Labute approximate surface area is 76.8 Å². The second-order valence-electron chi connectivity index (χ2n) is 3.10. The fourth-order valence-electron chi connectivity index (χ4n) is 0.861. The van der Waals surface area contributed by atoms with Gasteiger partial charge in [-0.2, -0.15) is 0 Å². The van der Waals surface area contributed by atoms with Crippen LogP contribution in [-0.2, 0) is 9.59 Å². The van der Waals surface area contributed by atoms with Crippen molar-refractivity contribution >= 4 is 11.9 Å². The number of carbonyl (C=O) groups excluding carboxylic acids is 1. The number of aliphatic carboxylic acids is 1. The van der Waals surface area contributed by atoms with Crippen LogP contribution in [0.15, 0.2) is 0 Å². The highest BCUT2D eigenvalue weighted by Gasteiger charge is 2.22. The maximum Gasteiger partial charge on any atom is 0.326 e. The predicted molar refractivity (Wildman–Crippen MR) is 46.1 cm³/mol. The average molecular weight is 189 g/mol. The van der Waals surface area contributed by atoms with Crippen LogP contribution in [-0.4, -0.2) is 34.7 Å². The summed E-state index contributed by atoms with van der Waals surface area (Å²) in [6.45, 7) is 3.15. The van der Waals surface area contributed by atoms with Gasteiger partial charge in [-0.3, -0.25) is 4.79 Å². The average Bonchev–Trinajstić information content (AvgIpc) is 1.99. The first-order valence-electron chi connectivity index (χ1n) is 4.12. The van der Waals surface area contributed by atoms with E-state index in [0.29, 0.717) is 0 Å². The highest BCUT2D eigenvalue weighted by atomic mass is 16.4. The van der Waals surface area contributed by atoms with E-state index in [4.69, 9.17) is 10.2 Å². The van der Waals surface area contributed by atoms with Gasteiger partial charge in [0.15, 0.2) is 0 Å². The van der Waals surface area contributed by atoms with Crippen LogP contribution in [0, 0.1) is 5.92 Å². The monoisotopic (exact) mass is 189 g/mol. The quantitative estimate of drug-likeness (QED) is 0.549. The molecule has 76 valence electrons. The van der Waals surface area contributed by atoms with Crippen LogP contribution in [0.25, 0.3) is 0 Å². The van der Waals surface area contributed by atoms with Gasteiger partial charge in [0.1, 0.15) is 6.04 Å². The number of amides is 1. The number of aliphatic hydroxyl groups excluding tert-OH is 1. The third kappa shape index (κ3) is 4.47. The summed E-state index contributed by atoms with van der Waals surface area (Å²) in [5, 5.41) is 19.4. The summed E-state index contributed by atoms with van der Waals surface area (Å²) in [5.74, 6) is -1.66. The molecule has 0 fully saturated rings. The SMILES string of the molecule is CC(C)[C@H](NC(=O)CCO)C(=O)O. The highest BCUT2D eigenvalue weighted by molar-refractivity contribution is 5.83. The summed E-state index contributed by atoms with van der Waals surface area (Å²) < 4.78 is 0. The van der Waals surface area contributed by atoms with Crippen LogP contribution in [0.1, 0.15) is 20.3 Å². The molecule has 0 aromatic heterocycles. The van der Waals surface area contributed by atoms with Gasteiger partial charge in [0, 0.05) is 6.42 Å². The summed E-state index contributed by atoms with van der Waals surface area (Å²) in [5.41, 5.74) is 0. The van der Waals surface area contributed by atoms with Crippen LogP contribution in [0.4, 0.5) is 0 Å². The Balaban J connectivity index is 4.10. The fraction of sp³-hybridized carbons (Fsp3) is 0.750. The van der Waals surface area contributed by atoms with Gasteiger partial charge < -0.3 is 15.5 Å². The Bertz CT molecular complexity index is 191. The van der Waals surface area contributed by atoms with E-state index in [9.17, 15) is 9.59 Å². The number of carboxylic acid groups (broad SMARTS) is 1. The Morgan fingerprint density at radius 2 is 1.92 bits per heavy atom. The van der Waals surface area contributed by atoms with Crippen molar-refractivity contribution in [1.29, 1.82) is 0 Å². The first kappa shape index (κ1) is 11.9. The van der Waals surface area contributed by atoms with Crippen LogP contribution < -0.4 is 5.32 Å². The Morgan fingerprint density at radius 1 is 1.38 bits per heavy atom. The zero-order valence-electron chi connectivity index (χ0n) is 7.78. The summed E-state index contributed by atoms with van der Waals surface area (Å²) >= 11 is 0. The second-order valence-corrected chi connectivity index (χ2v) is 3.10. The molecule has 0 spiro atoms. The number of carboxylic acids is 1. The lowest BCUT2D eigenvalue weighted by atomic mass is 10.0. The number of rotatable bonds is 5. The molecule has 0 aromatic rings. The molecule has 3 N–H and O–H groups in total. The van der Waals surface area contributed by atoms with Gasteiger partial charge >= 0.3 is 5.97 Å². The maximum absolute atomic E-state index is 10.9. The van der Waals surface area contributed by atoms with Crippen molar-refractivity contribution in [2.24, 2.45) is 5.92 Å². The zero-order chi connectivity index (χ0) is 10.4. The Hall–Kier alpha value is -1.10. The first-order chi connectivity index (χ1) is 5.99. The van der Waals surface area contributed by atoms with Crippen molar-refractivity contribution < 1.29 is 19.8 Å². The van der Waals surface area contributed by atoms with Gasteiger partial charge in [0.05, 0.1) is 6.61 Å². The Kier molecular flexibility index (Phi) is 5.06. The molecular weight excluding hydrogens is 174 g/mol. The summed E-state index contributed by atoms with van der Waals surface area (Å²) in [6, 6.07) is -0.876. The van der Waals surface area contributed by atoms with Gasteiger partial charge in [-0.1, -0.05) is 13.8 Å². The first-order valence-corrected chi connectivity index (χ1v) is 4.12. The van der Waals surface area contributed by atoms with E-state index in [1.54, 1.807) is 13.8 Å². The lowest BCUT2D eigenvalue weighted by Crippen LogP contribution is -2.44. The minimum atomic E-state index is -1.05. The van der Waals surface area contributed by atoms with Crippen molar-refractivity contribution in [3.63, 3.8) is 0 Å². The van der Waals surface area contributed by atoms with E-state index in [0.717, 1.165) is 0 Å². The number of hydrogen-bond donors (Lipinski definition) is 3. The minimum absolute atomic E-state index is 0.0590. The van der Waals surface area contributed by atoms with Gasteiger partial charge in [0.2, 0.25) is 5.91 Å². The molecule has 5 nitrogen and oxygen atoms in total. The topological polar surface area (TPSA) is 86.6 Å². The normalized spacial score (nSPS) is 12.6. The molecule has 1 amide bonds. The standard InChI is InChI=1S/C8H15NO4/c1-5(2)7(8(12)13)9-6(11)3-4-10/h5,7,10H,3-4H2,1-2H3,(H,9,11)(H,12,13)/t7-/m0/s1. The molecule has 5 heteroatoms. The highest BCUT2D eigenvalue weighted by Crippen LogP contribution is 2.01. The van der Waals surface area contributed by atoms with Crippen molar-refractivity contribution in [3.8, 4) is 0 Å². The van der Waals surface area contributed by atoms with E-state index >= 15 is 0 Å². The maximum atomic E-state index is 10.9. The van der Waals surface area contributed by atoms with Crippen LogP contribution in [0.3, 0.4) is 0 Å². The van der Waals surface area contributed by atoms with Crippen LogP contribution >= 0.6 is 0 Å². The third-order valence-electron chi connectivity index (χ3n) is 1.59. The molecule has 0 aliphatic rings. The molecule has 0 heterocycles. The summed E-state index contributed by atoms with van der Waals surface area (Å²) in [4.78, 5) is 21.5. The number of nitrogens with one attached hydrogen (secondary N) is 1. The predicted octanol–water partition coefficient (Wildman–Crippen LogP) is -0.406. The molecule has 0 aliphatic heterocycles. The summed E-state index contributed by atoms with van der Waals surface area (Å²) in [6.07, 6.45) is -0.0590. The zero-order valence-corrected chi connectivity index (χ0v) is 7.78. The van der Waals surface area contributed by atoms with E-state index in [2.05, 4.69) is 5.32 Å². The lowest BCUT2D eigenvalue weighted by Gasteiger charge is -2.17. The van der Waals surface area contributed by atoms with Crippen LogP contribution in [0.2, 0.25) is 0 Å². The van der Waals surface area contributed by atoms with Gasteiger partial charge in [0.25, 0.3) is 0 Å². The van der Waals surface area contributed by atoms with E-state index in [-0.39, 0.29) is 18.9 Å². The second kappa shape index (κ2) is 5.53. The minimum Gasteiger partial charge on any atom is -0.480 e. The van der Waals surface area contributed by atoms with Crippen molar-refractivity contribution in [2.45, 2.75) is 26.3 Å². The Morgan fingerprint density at radius 3 is 2.23 bits per heavy atom. The number of aliphatic hydroxyl groups is 1. The molecule has 0 saturated heterocycles. The largest absolute Gasteiger partial charge is 0.480 e. The number of hydrogen-bond acceptors (Lipinski definition) is 3. The molecule has 0 aliphatic carbocycles. The van der Waals surface area contributed by atoms with E-state index < -0.39 is 17.9 Å². The fourth-order valence-corrected chi connectivity index (χ4v) is 0.861. The van der Waals surface area contributed by atoms with Gasteiger partial charge in [-0.25, -0.2) is 4.79 Å². The smallest absolute Gasteiger partial charge is 0.326 e. The lowest BCUT2D eigenvalue weighted by molar-refractivity contribution is -0.143. The van der Waals surface area contributed by atoms with Crippen molar-refractivity contribution in [3.05, 3.63) is 0 Å². The molecule has 1 atom stereocenters.